The van der Waals surface area contributed by atoms with Gasteiger partial charge >= 0.3 is 0 Å². The Bertz CT molecular complexity index is 143. The monoisotopic (exact) mass is 312 g/mol. The fourth-order valence-electron chi connectivity index (χ4n) is 0.523. The molecule has 0 amide bonds. The largest absolute Gasteiger partial charge is 0.419 e. The van der Waals surface area contributed by atoms with E-state index in [0.29, 0.717) is 0 Å². The van der Waals surface area contributed by atoms with Crippen LogP contribution in [0.3, 0.4) is 0 Å². The van der Waals surface area contributed by atoms with Crippen LogP contribution in [0.5, 0.6) is 0 Å². The second-order valence-electron chi connectivity index (χ2n) is 1.43. The maximum Gasteiger partial charge on any atom is 0 e. The molecule has 0 atom stereocenters. The van der Waals surface area contributed by atoms with E-state index in [1.165, 1.54) is 0 Å². The molecule has 10 heavy (non-hydrogen) atoms. The topological polar surface area (TPSA) is 17.1 Å². The number of rotatable bonds is 1. The van der Waals surface area contributed by atoms with E-state index >= 15 is 0 Å². The molecule has 0 aromatic heterocycles. The van der Waals surface area contributed by atoms with Gasteiger partial charge in [-0.05, 0) is 12.7 Å². The average molecular weight is 314 g/mol. The van der Waals surface area contributed by atoms with Gasteiger partial charge in [0.1, 0.15) is 0 Å². The molecule has 1 aliphatic rings. The fourth-order valence-corrected chi connectivity index (χ4v) is 0.523. The zero-order valence-corrected chi connectivity index (χ0v) is 9.46. The molecule has 4 heteroatoms. The molecule has 0 aromatic carbocycles. The first kappa shape index (κ1) is 16.9. The molecule has 0 saturated heterocycles. The molecule has 1 radical (unpaired) electrons. The molecular formula is C6H7Br2CoO-. The summed E-state index contributed by atoms with van der Waals surface area (Å²) < 4.78 is 0. The van der Waals surface area contributed by atoms with Gasteiger partial charge in [0.2, 0.25) is 0 Å². The van der Waals surface area contributed by atoms with Crippen LogP contribution in [0.25, 0.3) is 0 Å². The Hall–Kier alpha value is 0.616. The first-order valence-electron chi connectivity index (χ1n) is 2.17. The molecule has 61 valence electrons. The van der Waals surface area contributed by atoms with Gasteiger partial charge in [-0.3, -0.25) is 0 Å². The number of carbonyl (C=O) groups excluding carboxylic acids is 1. The van der Waals surface area contributed by atoms with Crippen molar-refractivity contribution in [2.75, 3.05) is 0 Å². The van der Waals surface area contributed by atoms with E-state index in [9.17, 15) is 4.79 Å². The summed E-state index contributed by atoms with van der Waals surface area (Å²) in [6, 6.07) is 0. The molecule has 0 saturated carbocycles. The number of hydrogen-bond acceptors (Lipinski definition) is 1. The number of allylic oxidation sites excluding steroid dienone is 4. The van der Waals surface area contributed by atoms with Crippen LogP contribution in [0.2, 0.25) is 0 Å². The van der Waals surface area contributed by atoms with E-state index < -0.39 is 0 Å². The van der Waals surface area contributed by atoms with E-state index in [2.05, 4.69) is 0 Å². The summed E-state index contributed by atoms with van der Waals surface area (Å²) in [6.07, 6.45) is 8.14. The smallest absolute Gasteiger partial charge is 0 e. The molecule has 1 nitrogen and oxygen atoms in total. The van der Waals surface area contributed by atoms with Crippen LogP contribution >= 0.6 is 34.0 Å². The number of hydrogen-bond donors (Lipinski definition) is 0. The standard InChI is InChI=1S/C6H5O.2BrH.Co/c7-5-6-3-1-2-4-6;;;/h1-3H,4H2;2*1H;/q-1;;;. The Morgan fingerprint density at radius 3 is 2.20 bits per heavy atom. The van der Waals surface area contributed by atoms with Crippen molar-refractivity contribution in [3.05, 3.63) is 23.8 Å². The first-order chi connectivity index (χ1) is 3.43. The molecule has 0 fully saturated rings. The zero-order valence-electron chi connectivity index (χ0n) is 5.00. The van der Waals surface area contributed by atoms with Crippen LogP contribution in [0, 0.1) is 0 Å². The van der Waals surface area contributed by atoms with Gasteiger partial charge in [0, 0.05) is 16.8 Å². The van der Waals surface area contributed by atoms with Gasteiger partial charge in [-0.15, -0.1) is 46.1 Å². The quantitative estimate of drug-likeness (QED) is 0.678. The fraction of sp³-hybridized carbons (Fsp3) is 0.167. The molecule has 0 heterocycles. The summed E-state index contributed by atoms with van der Waals surface area (Å²) in [6.45, 7) is 0. The third kappa shape index (κ3) is 5.41. The van der Waals surface area contributed by atoms with E-state index in [4.69, 9.17) is 0 Å². The molecule has 0 aromatic rings. The summed E-state index contributed by atoms with van der Waals surface area (Å²) in [7, 11) is 0. The Balaban J connectivity index is -0.000000163. The normalized spacial score (nSPS) is 11.8. The third-order valence-corrected chi connectivity index (χ3v) is 0.902. The van der Waals surface area contributed by atoms with Crippen LogP contribution in [0.4, 0.5) is 0 Å². The van der Waals surface area contributed by atoms with Gasteiger partial charge in [-0.25, -0.2) is 6.08 Å². The summed E-state index contributed by atoms with van der Waals surface area (Å²) >= 11 is 0. The SMILES string of the molecule is Br.Br.O=[C-]C1=CC=CC1.[Co]. The maximum atomic E-state index is 9.77. The van der Waals surface area contributed by atoms with E-state index in [1.54, 1.807) is 6.08 Å². The van der Waals surface area contributed by atoms with Crippen molar-refractivity contribution in [3.63, 3.8) is 0 Å². The molecule has 1 rings (SSSR count). The van der Waals surface area contributed by atoms with Gasteiger partial charge in [0.25, 0.3) is 0 Å². The minimum absolute atomic E-state index is 0. The van der Waals surface area contributed by atoms with E-state index in [1.807, 2.05) is 18.4 Å². The van der Waals surface area contributed by atoms with Crippen LogP contribution < -0.4 is 0 Å². The first-order valence-corrected chi connectivity index (χ1v) is 2.17. The predicted octanol–water partition coefficient (Wildman–Crippen LogP) is 2.14. The van der Waals surface area contributed by atoms with Crippen molar-refractivity contribution in [3.8, 4) is 0 Å². The van der Waals surface area contributed by atoms with Crippen LogP contribution in [0.1, 0.15) is 6.42 Å². The predicted molar refractivity (Wildman–Crippen MR) is 48.2 cm³/mol. The third-order valence-electron chi connectivity index (χ3n) is 0.902. The Kier molecular flexibility index (Phi) is 16.3. The Morgan fingerprint density at radius 1 is 1.40 bits per heavy atom. The van der Waals surface area contributed by atoms with Crippen molar-refractivity contribution < 1.29 is 21.6 Å². The molecule has 0 N–H and O–H groups in total. The molecule has 0 bridgehead atoms. The summed E-state index contributed by atoms with van der Waals surface area (Å²) in [5, 5.41) is 0. The van der Waals surface area contributed by atoms with Gasteiger partial charge in [-0.1, -0.05) is 0 Å². The van der Waals surface area contributed by atoms with Gasteiger partial charge in [-0.2, -0.15) is 5.57 Å². The minimum atomic E-state index is 0. The second-order valence-corrected chi connectivity index (χ2v) is 1.43. The van der Waals surface area contributed by atoms with Gasteiger partial charge in [0.15, 0.2) is 0 Å². The molecule has 0 spiro atoms. The second kappa shape index (κ2) is 9.62. The van der Waals surface area contributed by atoms with Crippen LogP contribution in [-0.2, 0) is 21.6 Å². The Labute approximate surface area is 91.7 Å². The van der Waals surface area contributed by atoms with Crippen molar-refractivity contribution in [2.45, 2.75) is 6.42 Å². The average Bonchev–Trinajstić information content (AvgIpc) is 2.14. The maximum absolute atomic E-state index is 9.77. The molecular weight excluding hydrogens is 307 g/mol. The molecule has 0 aliphatic heterocycles. The van der Waals surface area contributed by atoms with Crippen molar-refractivity contribution in [2.24, 2.45) is 0 Å². The van der Waals surface area contributed by atoms with Crippen LogP contribution in [0.15, 0.2) is 23.8 Å². The van der Waals surface area contributed by atoms with E-state index in [0.717, 1.165) is 12.0 Å². The van der Waals surface area contributed by atoms with Crippen LogP contribution in [-0.4, -0.2) is 6.29 Å². The Morgan fingerprint density at radius 2 is 2.00 bits per heavy atom. The van der Waals surface area contributed by atoms with Gasteiger partial charge in [0.05, 0.1) is 0 Å². The van der Waals surface area contributed by atoms with Gasteiger partial charge < -0.3 is 4.79 Å². The van der Waals surface area contributed by atoms with Crippen molar-refractivity contribution >= 4 is 40.2 Å². The van der Waals surface area contributed by atoms with E-state index in [-0.39, 0.29) is 50.7 Å². The number of halogens is 2. The minimum Gasteiger partial charge on any atom is -0.419 e. The summed E-state index contributed by atoms with van der Waals surface area (Å²) in [5.74, 6) is 0. The van der Waals surface area contributed by atoms with Crippen molar-refractivity contribution in [1.82, 2.24) is 0 Å². The summed E-state index contributed by atoms with van der Waals surface area (Å²) in [5.41, 5.74) is 0.750. The molecule has 0 unspecified atom stereocenters. The van der Waals surface area contributed by atoms with Crippen molar-refractivity contribution in [1.29, 1.82) is 0 Å². The summed E-state index contributed by atoms with van der Waals surface area (Å²) in [4.78, 5) is 9.77. The molecule has 1 aliphatic carbocycles. The zero-order chi connectivity index (χ0) is 5.11.